The zero-order chi connectivity index (χ0) is 10.6. The molecule has 1 aromatic rings. The van der Waals surface area contributed by atoms with Gasteiger partial charge in [-0.15, -0.1) is 0 Å². The summed E-state index contributed by atoms with van der Waals surface area (Å²) in [6, 6.07) is 3.00. The molecule has 0 bridgehead atoms. The molecule has 2 N–H and O–H groups in total. The first-order chi connectivity index (χ1) is 6.47. The molecule has 0 fully saturated rings. The Morgan fingerprint density at radius 3 is 2.50 bits per heavy atom. The number of anilines is 1. The number of nitrogens with zero attached hydrogens (tertiary/aromatic N) is 1. The minimum Gasteiger partial charge on any atom is -0.325 e. The third-order valence-corrected chi connectivity index (χ3v) is 1.90. The lowest BCUT2D eigenvalue weighted by atomic mass is 10.4. The molecule has 0 radical (unpaired) electrons. The standard InChI is InChI=1S/C7H8N2O4S/c10-7(5-14(11,12)13)9-6-1-3-8-4-2-6/h1-4H,5H2,(H,8,9,10)(H,11,12,13). The molecule has 0 saturated heterocycles. The first kappa shape index (κ1) is 10.6. The summed E-state index contributed by atoms with van der Waals surface area (Å²) in [4.78, 5) is 14.7. The minimum atomic E-state index is -4.27. The molecule has 1 amide bonds. The Balaban J connectivity index is 2.59. The monoisotopic (exact) mass is 216 g/mol. The number of hydrogen-bond acceptors (Lipinski definition) is 4. The Kier molecular flexibility index (Phi) is 3.15. The van der Waals surface area contributed by atoms with Crippen molar-refractivity contribution in [2.45, 2.75) is 0 Å². The van der Waals surface area contributed by atoms with Crippen LogP contribution in [0, 0.1) is 0 Å². The second-order valence-electron chi connectivity index (χ2n) is 2.51. The van der Waals surface area contributed by atoms with Crippen LogP contribution in [0.15, 0.2) is 24.5 Å². The van der Waals surface area contributed by atoms with Crippen molar-refractivity contribution >= 4 is 21.7 Å². The highest BCUT2D eigenvalue weighted by atomic mass is 32.2. The first-order valence-electron chi connectivity index (χ1n) is 3.62. The number of nitrogens with one attached hydrogen (secondary N) is 1. The topological polar surface area (TPSA) is 96.4 Å². The SMILES string of the molecule is O=C(CS(=O)(=O)O)Nc1ccncc1. The van der Waals surface area contributed by atoms with Crippen molar-refractivity contribution in [3.8, 4) is 0 Å². The lowest BCUT2D eigenvalue weighted by Gasteiger charge is -2.02. The van der Waals surface area contributed by atoms with E-state index in [1.54, 1.807) is 0 Å². The van der Waals surface area contributed by atoms with Crippen LogP contribution in [-0.2, 0) is 14.9 Å². The third kappa shape index (κ3) is 3.97. The Morgan fingerprint density at radius 2 is 2.00 bits per heavy atom. The van der Waals surface area contributed by atoms with Gasteiger partial charge in [0.1, 0.15) is 0 Å². The molecule has 0 atom stereocenters. The average molecular weight is 216 g/mol. The predicted molar refractivity (Wildman–Crippen MR) is 49.3 cm³/mol. The van der Waals surface area contributed by atoms with Crippen molar-refractivity contribution in [1.29, 1.82) is 0 Å². The predicted octanol–water partition coefficient (Wildman–Crippen LogP) is -0.0921. The molecule has 14 heavy (non-hydrogen) atoms. The van der Waals surface area contributed by atoms with Crippen LogP contribution in [0.1, 0.15) is 0 Å². The van der Waals surface area contributed by atoms with Gasteiger partial charge in [-0.25, -0.2) is 0 Å². The van der Waals surface area contributed by atoms with Crippen LogP contribution in [-0.4, -0.2) is 29.6 Å². The summed E-state index contributed by atoms with van der Waals surface area (Å²) in [6.07, 6.45) is 2.89. The zero-order valence-corrected chi connectivity index (χ0v) is 7.86. The van der Waals surface area contributed by atoms with E-state index in [1.807, 2.05) is 0 Å². The second-order valence-corrected chi connectivity index (χ2v) is 3.96. The lowest BCUT2D eigenvalue weighted by Crippen LogP contribution is -2.22. The summed E-state index contributed by atoms with van der Waals surface area (Å²) in [5.41, 5.74) is 0.425. The lowest BCUT2D eigenvalue weighted by molar-refractivity contribution is -0.113. The van der Waals surface area contributed by atoms with Crippen molar-refractivity contribution in [3.05, 3.63) is 24.5 Å². The van der Waals surface area contributed by atoms with Crippen LogP contribution in [0.25, 0.3) is 0 Å². The van der Waals surface area contributed by atoms with Gasteiger partial charge < -0.3 is 5.32 Å². The van der Waals surface area contributed by atoms with Crippen LogP contribution < -0.4 is 5.32 Å². The summed E-state index contributed by atoms with van der Waals surface area (Å²) in [6.45, 7) is 0. The summed E-state index contributed by atoms with van der Waals surface area (Å²) in [7, 11) is -4.27. The van der Waals surface area contributed by atoms with Gasteiger partial charge in [0.2, 0.25) is 5.91 Å². The van der Waals surface area contributed by atoms with E-state index in [4.69, 9.17) is 4.55 Å². The van der Waals surface area contributed by atoms with Crippen molar-refractivity contribution in [3.63, 3.8) is 0 Å². The number of carbonyl (C=O) groups excluding carboxylic acids is 1. The fourth-order valence-corrected chi connectivity index (χ4v) is 1.20. The average Bonchev–Trinajstić information content (AvgIpc) is 2.02. The number of aromatic nitrogens is 1. The van der Waals surface area contributed by atoms with E-state index in [0.29, 0.717) is 5.69 Å². The maximum absolute atomic E-state index is 11.0. The fraction of sp³-hybridized carbons (Fsp3) is 0.143. The van der Waals surface area contributed by atoms with Gasteiger partial charge in [-0.05, 0) is 12.1 Å². The molecular formula is C7H8N2O4S. The number of carbonyl (C=O) groups is 1. The van der Waals surface area contributed by atoms with Crippen molar-refractivity contribution in [2.24, 2.45) is 0 Å². The van der Waals surface area contributed by atoms with Gasteiger partial charge >= 0.3 is 0 Å². The van der Waals surface area contributed by atoms with Crippen LogP contribution in [0.5, 0.6) is 0 Å². The van der Waals surface area contributed by atoms with E-state index < -0.39 is 21.8 Å². The Morgan fingerprint density at radius 1 is 1.43 bits per heavy atom. The van der Waals surface area contributed by atoms with Crippen molar-refractivity contribution in [2.75, 3.05) is 11.1 Å². The zero-order valence-electron chi connectivity index (χ0n) is 7.04. The molecule has 0 aliphatic carbocycles. The van der Waals surface area contributed by atoms with Gasteiger partial charge in [0.25, 0.3) is 10.1 Å². The number of hydrogen-bond donors (Lipinski definition) is 2. The van der Waals surface area contributed by atoms with Gasteiger partial charge in [-0.2, -0.15) is 8.42 Å². The molecule has 1 heterocycles. The number of rotatable bonds is 3. The molecule has 0 saturated carbocycles. The quantitative estimate of drug-likeness (QED) is 0.688. The molecule has 0 aromatic carbocycles. The Labute approximate surface area is 80.7 Å². The largest absolute Gasteiger partial charge is 0.325 e. The molecule has 0 spiro atoms. The van der Waals surface area contributed by atoms with E-state index >= 15 is 0 Å². The van der Waals surface area contributed by atoms with Crippen molar-refractivity contribution < 1.29 is 17.8 Å². The molecule has 76 valence electrons. The van der Waals surface area contributed by atoms with E-state index in [1.165, 1.54) is 24.5 Å². The molecule has 0 unspecified atom stereocenters. The smallest absolute Gasteiger partial charge is 0.274 e. The highest BCUT2D eigenvalue weighted by molar-refractivity contribution is 7.86. The molecule has 6 nitrogen and oxygen atoms in total. The number of amides is 1. The van der Waals surface area contributed by atoms with E-state index in [0.717, 1.165) is 0 Å². The summed E-state index contributed by atoms with van der Waals surface area (Å²) in [5.74, 6) is -1.74. The molecular weight excluding hydrogens is 208 g/mol. The number of pyridine rings is 1. The molecule has 1 rings (SSSR count). The second kappa shape index (κ2) is 4.16. The molecule has 1 aromatic heterocycles. The van der Waals surface area contributed by atoms with E-state index in [-0.39, 0.29) is 0 Å². The van der Waals surface area contributed by atoms with E-state index in [9.17, 15) is 13.2 Å². The Hall–Kier alpha value is -1.47. The fourth-order valence-electron chi connectivity index (χ4n) is 0.798. The van der Waals surface area contributed by atoms with Gasteiger partial charge in [0, 0.05) is 18.1 Å². The third-order valence-electron chi connectivity index (χ3n) is 1.28. The van der Waals surface area contributed by atoms with Crippen molar-refractivity contribution in [1.82, 2.24) is 4.98 Å². The minimum absolute atomic E-state index is 0.425. The van der Waals surface area contributed by atoms with Crippen LogP contribution >= 0.6 is 0 Å². The van der Waals surface area contributed by atoms with Gasteiger partial charge in [-0.1, -0.05) is 0 Å². The summed E-state index contributed by atoms with van der Waals surface area (Å²) < 4.78 is 29.0. The Bertz CT molecular complexity index is 415. The molecule has 7 heteroatoms. The van der Waals surface area contributed by atoms with Crippen LogP contribution in [0.4, 0.5) is 5.69 Å². The highest BCUT2D eigenvalue weighted by Crippen LogP contribution is 2.02. The summed E-state index contributed by atoms with van der Waals surface area (Å²) in [5, 5.41) is 2.28. The van der Waals surface area contributed by atoms with Crippen LogP contribution in [0.2, 0.25) is 0 Å². The van der Waals surface area contributed by atoms with E-state index in [2.05, 4.69) is 10.3 Å². The molecule has 0 aliphatic rings. The first-order valence-corrected chi connectivity index (χ1v) is 5.23. The van der Waals surface area contributed by atoms with Crippen LogP contribution in [0.3, 0.4) is 0 Å². The van der Waals surface area contributed by atoms with Gasteiger partial charge in [0.05, 0.1) is 0 Å². The van der Waals surface area contributed by atoms with Gasteiger partial charge in [0.15, 0.2) is 5.75 Å². The summed E-state index contributed by atoms with van der Waals surface area (Å²) >= 11 is 0. The van der Waals surface area contributed by atoms with Gasteiger partial charge in [-0.3, -0.25) is 14.3 Å². The normalized spacial score (nSPS) is 10.9. The maximum Gasteiger partial charge on any atom is 0.274 e. The highest BCUT2D eigenvalue weighted by Gasteiger charge is 2.12. The maximum atomic E-state index is 11.0. The molecule has 0 aliphatic heterocycles.